The van der Waals surface area contributed by atoms with E-state index in [2.05, 4.69) is 26.8 Å². The van der Waals surface area contributed by atoms with Crippen LogP contribution in [-0.4, -0.2) is 39.9 Å². The predicted molar refractivity (Wildman–Crippen MR) is 110 cm³/mol. The highest BCUT2D eigenvalue weighted by Crippen LogP contribution is 2.26. The maximum atomic E-state index is 13.0. The molecule has 8 nitrogen and oxygen atoms in total. The first-order chi connectivity index (χ1) is 14.6. The number of amides is 2. The molecule has 3 heterocycles. The Hall–Kier alpha value is -3.81. The van der Waals surface area contributed by atoms with Crippen LogP contribution in [0, 0.1) is 5.92 Å². The molecule has 0 unspecified atom stereocenters. The van der Waals surface area contributed by atoms with Crippen molar-refractivity contribution in [2.24, 2.45) is 5.92 Å². The van der Waals surface area contributed by atoms with E-state index in [1.54, 1.807) is 19.3 Å². The summed E-state index contributed by atoms with van der Waals surface area (Å²) in [6, 6.07) is 8.91. The first kappa shape index (κ1) is 19.5. The SMILES string of the molecule is C=C[C@@H]1Cc2nccnc2N(C)C(=O)[C@@H]1NC(=O)c1ncc(Cc2ccccc2)o1. The summed E-state index contributed by atoms with van der Waals surface area (Å²) in [6.45, 7) is 3.83. The van der Waals surface area contributed by atoms with Crippen LogP contribution >= 0.6 is 0 Å². The number of carbonyl (C=O) groups excluding carboxylic acids is 2. The predicted octanol–water partition coefficient (Wildman–Crippen LogP) is 2.18. The lowest BCUT2D eigenvalue weighted by Crippen LogP contribution is -2.50. The van der Waals surface area contributed by atoms with Gasteiger partial charge in [-0.25, -0.2) is 9.97 Å². The van der Waals surface area contributed by atoms with E-state index in [0.29, 0.717) is 30.1 Å². The standard InChI is InChI=1S/C22H21N5O3/c1-3-15-12-17-19(24-10-9-23-17)27(2)22(29)18(15)26-20(28)21-25-13-16(30-21)11-14-7-5-4-6-8-14/h3-10,13,15,18H,1,11-12H2,2H3,(H,26,28)/t15-,18-/m1/s1. The highest BCUT2D eigenvalue weighted by Gasteiger charge is 2.37. The Morgan fingerprint density at radius 3 is 2.80 bits per heavy atom. The Kier molecular flexibility index (Phi) is 5.38. The number of nitrogens with one attached hydrogen (secondary N) is 1. The molecule has 0 saturated heterocycles. The van der Waals surface area contributed by atoms with Crippen molar-refractivity contribution in [2.45, 2.75) is 18.9 Å². The van der Waals surface area contributed by atoms with Gasteiger partial charge in [-0.1, -0.05) is 36.4 Å². The zero-order valence-electron chi connectivity index (χ0n) is 16.5. The molecule has 2 aromatic heterocycles. The molecule has 0 radical (unpaired) electrons. The summed E-state index contributed by atoms with van der Waals surface area (Å²) in [4.78, 5) is 39.9. The summed E-state index contributed by atoms with van der Waals surface area (Å²) in [7, 11) is 1.61. The van der Waals surface area contributed by atoms with E-state index < -0.39 is 11.9 Å². The monoisotopic (exact) mass is 403 g/mol. The summed E-state index contributed by atoms with van der Waals surface area (Å²) >= 11 is 0. The average molecular weight is 403 g/mol. The van der Waals surface area contributed by atoms with Crippen molar-refractivity contribution in [3.8, 4) is 0 Å². The van der Waals surface area contributed by atoms with E-state index in [1.807, 2.05) is 30.3 Å². The second-order valence-corrected chi connectivity index (χ2v) is 7.07. The lowest BCUT2D eigenvalue weighted by molar-refractivity contribution is -0.120. The van der Waals surface area contributed by atoms with Gasteiger partial charge in [0.15, 0.2) is 5.82 Å². The highest BCUT2D eigenvalue weighted by molar-refractivity contribution is 6.01. The van der Waals surface area contributed by atoms with E-state index >= 15 is 0 Å². The van der Waals surface area contributed by atoms with Crippen LogP contribution in [0.4, 0.5) is 5.82 Å². The molecule has 0 bridgehead atoms. The second kappa shape index (κ2) is 8.28. The summed E-state index contributed by atoms with van der Waals surface area (Å²) in [6.07, 6.45) is 7.24. The van der Waals surface area contributed by atoms with Gasteiger partial charge >= 0.3 is 5.91 Å². The zero-order chi connectivity index (χ0) is 21.1. The Morgan fingerprint density at radius 2 is 2.03 bits per heavy atom. The van der Waals surface area contributed by atoms with Gasteiger partial charge in [0.25, 0.3) is 11.8 Å². The fraction of sp³-hybridized carbons (Fsp3) is 0.227. The zero-order valence-corrected chi connectivity index (χ0v) is 16.5. The van der Waals surface area contributed by atoms with Gasteiger partial charge in [-0.05, 0) is 5.56 Å². The number of benzene rings is 1. The van der Waals surface area contributed by atoms with Crippen LogP contribution in [0.25, 0.3) is 0 Å². The summed E-state index contributed by atoms with van der Waals surface area (Å²) < 4.78 is 5.62. The molecule has 1 aromatic carbocycles. The number of nitrogens with zero attached hydrogens (tertiary/aromatic N) is 4. The molecule has 1 aliphatic rings. The Bertz CT molecular complexity index is 1080. The number of rotatable bonds is 5. The molecule has 0 aliphatic carbocycles. The van der Waals surface area contributed by atoms with Gasteiger partial charge in [-0.3, -0.25) is 19.5 Å². The lowest BCUT2D eigenvalue weighted by Gasteiger charge is -2.24. The number of carbonyl (C=O) groups is 2. The molecule has 1 aliphatic heterocycles. The van der Waals surface area contributed by atoms with Crippen LogP contribution < -0.4 is 10.2 Å². The smallest absolute Gasteiger partial charge is 0.307 e. The van der Waals surface area contributed by atoms with Gasteiger partial charge in [0.1, 0.15) is 11.8 Å². The van der Waals surface area contributed by atoms with Gasteiger partial charge in [0.2, 0.25) is 0 Å². The van der Waals surface area contributed by atoms with Gasteiger partial charge < -0.3 is 9.73 Å². The molecule has 1 N–H and O–H groups in total. The molecule has 2 atom stereocenters. The van der Waals surface area contributed by atoms with Crippen molar-refractivity contribution in [3.05, 3.63) is 84.5 Å². The van der Waals surface area contributed by atoms with Crippen LogP contribution in [0.2, 0.25) is 0 Å². The van der Waals surface area contributed by atoms with Gasteiger partial charge in [-0.2, -0.15) is 0 Å². The fourth-order valence-corrected chi connectivity index (χ4v) is 3.50. The minimum Gasteiger partial charge on any atom is -0.437 e. The van der Waals surface area contributed by atoms with E-state index in [1.165, 1.54) is 17.3 Å². The summed E-state index contributed by atoms with van der Waals surface area (Å²) in [5, 5.41) is 2.76. The number of oxazole rings is 1. The number of aromatic nitrogens is 3. The first-order valence-corrected chi connectivity index (χ1v) is 9.56. The van der Waals surface area contributed by atoms with Crippen molar-refractivity contribution in [1.29, 1.82) is 0 Å². The first-order valence-electron chi connectivity index (χ1n) is 9.56. The molecule has 2 amide bonds. The van der Waals surface area contributed by atoms with Crippen LogP contribution in [0.5, 0.6) is 0 Å². The van der Waals surface area contributed by atoms with Crippen molar-refractivity contribution in [3.63, 3.8) is 0 Å². The van der Waals surface area contributed by atoms with E-state index in [9.17, 15) is 9.59 Å². The third-order valence-electron chi connectivity index (χ3n) is 5.08. The van der Waals surface area contributed by atoms with Gasteiger partial charge in [-0.15, -0.1) is 6.58 Å². The molecule has 0 saturated carbocycles. The lowest BCUT2D eigenvalue weighted by atomic mass is 9.95. The maximum absolute atomic E-state index is 13.0. The molecule has 30 heavy (non-hydrogen) atoms. The Balaban J connectivity index is 1.52. The number of hydrogen-bond donors (Lipinski definition) is 1. The van der Waals surface area contributed by atoms with Gasteiger partial charge in [0.05, 0.1) is 11.9 Å². The highest BCUT2D eigenvalue weighted by atomic mass is 16.4. The normalized spacial score (nSPS) is 18.4. The third kappa shape index (κ3) is 3.84. The quantitative estimate of drug-likeness (QED) is 0.655. The molecular formula is C22H21N5O3. The van der Waals surface area contributed by atoms with Crippen LogP contribution in [0.15, 0.2) is 66.0 Å². The van der Waals surface area contributed by atoms with Crippen LogP contribution in [-0.2, 0) is 17.6 Å². The van der Waals surface area contributed by atoms with Crippen LogP contribution in [0.1, 0.15) is 27.7 Å². The average Bonchev–Trinajstić information content (AvgIpc) is 3.21. The Morgan fingerprint density at radius 1 is 1.27 bits per heavy atom. The van der Waals surface area contributed by atoms with E-state index in [4.69, 9.17) is 4.42 Å². The number of likely N-dealkylation sites (N-methyl/N-ethyl adjacent to an activating group) is 1. The molecule has 0 fully saturated rings. The van der Waals surface area contributed by atoms with Crippen LogP contribution in [0.3, 0.4) is 0 Å². The maximum Gasteiger partial charge on any atom is 0.307 e. The van der Waals surface area contributed by atoms with Crippen molar-refractivity contribution < 1.29 is 14.0 Å². The summed E-state index contributed by atoms with van der Waals surface area (Å²) in [5.74, 6) is -0.245. The fourth-order valence-electron chi connectivity index (χ4n) is 3.50. The molecule has 3 aromatic rings. The second-order valence-electron chi connectivity index (χ2n) is 7.07. The van der Waals surface area contributed by atoms with Crippen molar-refractivity contribution in [2.75, 3.05) is 11.9 Å². The third-order valence-corrected chi connectivity index (χ3v) is 5.08. The van der Waals surface area contributed by atoms with E-state index in [0.717, 1.165) is 5.56 Å². The van der Waals surface area contributed by atoms with E-state index in [-0.39, 0.29) is 17.7 Å². The number of fused-ring (bicyclic) bond motifs is 1. The number of hydrogen-bond acceptors (Lipinski definition) is 6. The molecule has 4 rings (SSSR count). The van der Waals surface area contributed by atoms with Crippen molar-refractivity contribution in [1.82, 2.24) is 20.3 Å². The topological polar surface area (TPSA) is 101 Å². The minimum absolute atomic E-state index is 0.0859. The Labute approximate surface area is 173 Å². The molecular weight excluding hydrogens is 382 g/mol. The number of anilines is 1. The largest absolute Gasteiger partial charge is 0.437 e. The van der Waals surface area contributed by atoms with Gasteiger partial charge in [0, 0.05) is 38.2 Å². The molecule has 0 spiro atoms. The minimum atomic E-state index is -0.833. The molecule has 152 valence electrons. The van der Waals surface area contributed by atoms with Crippen molar-refractivity contribution >= 4 is 17.6 Å². The summed E-state index contributed by atoms with van der Waals surface area (Å²) in [5.41, 5.74) is 1.72. The molecule has 8 heteroatoms.